The van der Waals surface area contributed by atoms with Gasteiger partial charge < -0.3 is 5.32 Å². The zero-order chi connectivity index (χ0) is 17.1. The predicted molar refractivity (Wildman–Crippen MR) is 88.3 cm³/mol. The van der Waals surface area contributed by atoms with Gasteiger partial charge in [-0.1, -0.05) is 6.07 Å². The second kappa shape index (κ2) is 6.47. The standard InChI is InChI=1S/C16H19N3O3S/c1-12(20)18-14-6-8-15(9-7-14)23(21,22)19-16(2,3)13-5-4-10-17-11-13/h4-11,19H,1-3H3,(H,18,20). The van der Waals surface area contributed by atoms with Crippen LogP contribution in [0.25, 0.3) is 0 Å². The fourth-order valence-corrected chi connectivity index (χ4v) is 3.51. The van der Waals surface area contributed by atoms with Gasteiger partial charge in [0.25, 0.3) is 0 Å². The first-order valence-electron chi connectivity index (χ1n) is 7.03. The number of rotatable bonds is 5. The van der Waals surface area contributed by atoms with E-state index in [0.29, 0.717) is 5.69 Å². The van der Waals surface area contributed by atoms with Crippen molar-refractivity contribution >= 4 is 21.6 Å². The third kappa shape index (κ3) is 4.37. The van der Waals surface area contributed by atoms with E-state index in [0.717, 1.165) is 5.56 Å². The molecule has 23 heavy (non-hydrogen) atoms. The van der Waals surface area contributed by atoms with Crippen LogP contribution < -0.4 is 10.0 Å². The van der Waals surface area contributed by atoms with Crippen LogP contribution in [0, 0.1) is 0 Å². The zero-order valence-electron chi connectivity index (χ0n) is 13.2. The van der Waals surface area contributed by atoms with Crippen LogP contribution in [0.3, 0.4) is 0 Å². The summed E-state index contributed by atoms with van der Waals surface area (Å²) in [5, 5.41) is 2.60. The first kappa shape index (κ1) is 17.1. The van der Waals surface area contributed by atoms with Gasteiger partial charge in [-0.3, -0.25) is 9.78 Å². The molecule has 0 aliphatic carbocycles. The van der Waals surface area contributed by atoms with Gasteiger partial charge in [-0.25, -0.2) is 13.1 Å². The van der Waals surface area contributed by atoms with E-state index in [1.54, 1.807) is 44.4 Å². The van der Waals surface area contributed by atoms with E-state index in [4.69, 9.17) is 0 Å². The highest BCUT2D eigenvalue weighted by molar-refractivity contribution is 7.89. The second-order valence-electron chi connectivity index (χ2n) is 5.68. The molecule has 0 saturated heterocycles. The summed E-state index contributed by atoms with van der Waals surface area (Å²) in [5.41, 5.74) is 0.505. The third-order valence-corrected chi connectivity index (χ3v) is 4.93. The molecule has 0 aliphatic rings. The molecular formula is C16H19N3O3S. The Kier molecular flexibility index (Phi) is 4.82. The normalized spacial score (nSPS) is 12.0. The van der Waals surface area contributed by atoms with Gasteiger partial charge in [-0.05, 0) is 49.7 Å². The van der Waals surface area contributed by atoms with Gasteiger partial charge in [0, 0.05) is 25.0 Å². The maximum Gasteiger partial charge on any atom is 0.241 e. The van der Waals surface area contributed by atoms with E-state index in [9.17, 15) is 13.2 Å². The Morgan fingerprint density at radius 2 is 1.78 bits per heavy atom. The molecular weight excluding hydrogens is 314 g/mol. The molecule has 0 spiro atoms. The molecule has 0 saturated carbocycles. The van der Waals surface area contributed by atoms with Gasteiger partial charge >= 0.3 is 0 Å². The Hall–Kier alpha value is -2.25. The van der Waals surface area contributed by atoms with E-state index < -0.39 is 15.6 Å². The number of aromatic nitrogens is 1. The first-order chi connectivity index (χ1) is 10.7. The quantitative estimate of drug-likeness (QED) is 0.878. The van der Waals surface area contributed by atoms with Crippen molar-refractivity contribution < 1.29 is 13.2 Å². The average Bonchev–Trinajstić information content (AvgIpc) is 2.47. The minimum Gasteiger partial charge on any atom is -0.326 e. The van der Waals surface area contributed by atoms with Gasteiger partial charge in [0.15, 0.2) is 0 Å². The molecule has 0 atom stereocenters. The molecule has 7 heteroatoms. The van der Waals surface area contributed by atoms with E-state index in [1.165, 1.54) is 19.1 Å². The van der Waals surface area contributed by atoms with Crippen molar-refractivity contribution in [2.75, 3.05) is 5.32 Å². The summed E-state index contributed by atoms with van der Waals surface area (Å²) in [4.78, 5) is 15.1. The van der Waals surface area contributed by atoms with Crippen molar-refractivity contribution in [3.05, 3.63) is 54.4 Å². The second-order valence-corrected chi connectivity index (χ2v) is 7.36. The number of nitrogens with zero attached hydrogens (tertiary/aromatic N) is 1. The van der Waals surface area contributed by atoms with Crippen molar-refractivity contribution in [2.24, 2.45) is 0 Å². The van der Waals surface area contributed by atoms with Gasteiger partial charge in [0.1, 0.15) is 0 Å². The lowest BCUT2D eigenvalue weighted by molar-refractivity contribution is -0.114. The van der Waals surface area contributed by atoms with Crippen LogP contribution in [-0.2, 0) is 20.4 Å². The number of carbonyl (C=O) groups is 1. The molecule has 6 nitrogen and oxygen atoms in total. The van der Waals surface area contributed by atoms with E-state index in [-0.39, 0.29) is 10.8 Å². The SMILES string of the molecule is CC(=O)Nc1ccc(S(=O)(=O)NC(C)(C)c2cccnc2)cc1. The third-order valence-electron chi connectivity index (χ3n) is 3.26. The maximum atomic E-state index is 12.5. The van der Waals surface area contributed by atoms with Gasteiger partial charge in [0.2, 0.25) is 15.9 Å². The molecule has 122 valence electrons. The highest BCUT2D eigenvalue weighted by atomic mass is 32.2. The van der Waals surface area contributed by atoms with Crippen molar-refractivity contribution in [3.8, 4) is 0 Å². The Bertz CT molecular complexity index is 785. The number of amides is 1. The van der Waals surface area contributed by atoms with Crippen LogP contribution in [0.4, 0.5) is 5.69 Å². The van der Waals surface area contributed by atoms with Crippen molar-refractivity contribution in [2.45, 2.75) is 31.2 Å². The fraction of sp³-hybridized carbons (Fsp3) is 0.250. The van der Waals surface area contributed by atoms with Crippen LogP contribution in [-0.4, -0.2) is 19.3 Å². The molecule has 2 rings (SSSR count). The van der Waals surface area contributed by atoms with E-state index in [1.807, 2.05) is 6.07 Å². The predicted octanol–water partition coefficient (Wildman–Crippen LogP) is 2.25. The number of pyridine rings is 1. The lowest BCUT2D eigenvalue weighted by Gasteiger charge is -2.26. The van der Waals surface area contributed by atoms with Crippen LogP contribution in [0.5, 0.6) is 0 Å². The molecule has 0 aliphatic heterocycles. The lowest BCUT2D eigenvalue weighted by atomic mass is 9.98. The van der Waals surface area contributed by atoms with Crippen LogP contribution in [0.1, 0.15) is 26.3 Å². The summed E-state index contributed by atoms with van der Waals surface area (Å²) < 4.78 is 27.7. The number of hydrogen-bond donors (Lipinski definition) is 2. The number of benzene rings is 1. The summed E-state index contributed by atoms with van der Waals surface area (Å²) in [6, 6.07) is 9.57. The summed E-state index contributed by atoms with van der Waals surface area (Å²) in [6.45, 7) is 4.93. The number of hydrogen-bond acceptors (Lipinski definition) is 4. The Labute approximate surface area is 136 Å². The first-order valence-corrected chi connectivity index (χ1v) is 8.51. The molecule has 1 aromatic heterocycles. The minimum atomic E-state index is -3.70. The van der Waals surface area contributed by atoms with E-state index >= 15 is 0 Å². The molecule has 1 aromatic carbocycles. The number of carbonyl (C=O) groups excluding carboxylic acids is 1. The van der Waals surface area contributed by atoms with Crippen LogP contribution in [0.15, 0.2) is 53.7 Å². The van der Waals surface area contributed by atoms with E-state index in [2.05, 4.69) is 15.0 Å². The maximum absolute atomic E-state index is 12.5. The van der Waals surface area contributed by atoms with Gasteiger partial charge in [-0.2, -0.15) is 0 Å². The summed E-state index contributed by atoms with van der Waals surface area (Å²) in [7, 11) is -3.70. The largest absolute Gasteiger partial charge is 0.326 e. The smallest absolute Gasteiger partial charge is 0.241 e. The Morgan fingerprint density at radius 1 is 1.13 bits per heavy atom. The molecule has 0 fully saturated rings. The highest BCUT2D eigenvalue weighted by Gasteiger charge is 2.28. The molecule has 2 N–H and O–H groups in total. The number of nitrogens with one attached hydrogen (secondary N) is 2. The topological polar surface area (TPSA) is 88.2 Å². The molecule has 0 unspecified atom stereocenters. The van der Waals surface area contributed by atoms with Crippen molar-refractivity contribution in [3.63, 3.8) is 0 Å². The number of sulfonamides is 1. The summed E-state index contributed by atoms with van der Waals surface area (Å²) in [5.74, 6) is -0.212. The highest BCUT2D eigenvalue weighted by Crippen LogP contribution is 2.23. The monoisotopic (exact) mass is 333 g/mol. The van der Waals surface area contributed by atoms with Crippen LogP contribution >= 0.6 is 0 Å². The molecule has 0 radical (unpaired) electrons. The molecule has 2 aromatic rings. The van der Waals surface area contributed by atoms with Crippen molar-refractivity contribution in [1.82, 2.24) is 9.71 Å². The van der Waals surface area contributed by atoms with Crippen molar-refractivity contribution in [1.29, 1.82) is 0 Å². The van der Waals surface area contributed by atoms with Gasteiger partial charge in [0.05, 0.1) is 10.4 Å². The zero-order valence-corrected chi connectivity index (χ0v) is 14.0. The summed E-state index contributed by atoms with van der Waals surface area (Å²) >= 11 is 0. The van der Waals surface area contributed by atoms with Gasteiger partial charge in [-0.15, -0.1) is 0 Å². The average molecular weight is 333 g/mol. The summed E-state index contributed by atoms with van der Waals surface area (Å²) in [6.07, 6.45) is 3.26. The molecule has 1 amide bonds. The molecule has 1 heterocycles. The Morgan fingerprint density at radius 3 is 2.30 bits per heavy atom. The molecule has 0 bridgehead atoms. The minimum absolute atomic E-state index is 0.128. The fourth-order valence-electron chi connectivity index (χ4n) is 2.11. The lowest BCUT2D eigenvalue weighted by Crippen LogP contribution is -2.40. The Balaban J connectivity index is 2.23. The van der Waals surface area contributed by atoms with Crippen LogP contribution in [0.2, 0.25) is 0 Å². The number of anilines is 1.